The highest BCUT2D eigenvalue weighted by molar-refractivity contribution is 9.10. The van der Waals surface area contributed by atoms with E-state index in [9.17, 15) is 13.6 Å². The van der Waals surface area contributed by atoms with E-state index in [2.05, 4.69) is 21.0 Å². The van der Waals surface area contributed by atoms with Crippen molar-refractivity contribution in [1.29, 1.82) is 0 Å². The number of carbonyl (C=O) groups excluding carboxylic acids is 1. The van der Waals surface area contributed by atoms with Crippen LogP contribution in [0.2, 0.25) is 0 Å². The number of halogens is 3. The number of nitrogens with zero attached hydrogens (tertiary/aromatic N) is 2. The summed E-state index contributed by atoms with van der Waals surface area (Å²) in [5.41, 5.74) is 0.867. The van der Waals surface area contributed by atoms with Crippen LogP contribution in [0.25, 0.3) is 0 Å². The van der Waals surface area contributed by atoms with Crippen molar-refractivity contribution in [1.82, 2.24) is 9.78 Å². The van der Waals surface area contributed by atoms with Crippen molar-refractivity contribution in [3.63, 3.8) is 0 Å². The van der Waals surface area contributed by atoms with E-state index in [1.165, 1.54) is 6.07 Å². The molecule has 0 saturated heterocycles. The van der Waals surface area contributed by atoms with Crippen molar-refractivity contribution in [3.8, 4) is 0 Å². The molecule has 100 valence electrons. The monoisotopic (exact) mass is 328 g/mol. The fourth-order valence-corrected chi connectivity index (χ4v) is 2.32. The van der Waals surface area contributed by atoms with Crippen molar-refractivity contribution < 1.29 is 13.6 Å². The molecule has 0 radical (unpaired) electrons. The lowest BCUT2D eigenvalue weighted by atomic mass is 10.1. The first-order valence-corrected chi connectivity index (χ1v) is 6.50. The number of hydrogen-bond acceptors (Lipinski definition) is 2. The number of aryl methyl sites for hydroxylation is 1. The molecule has 0 unspecified atom stereocenters. The average Bonchev–Trinajstić information content (AvgIpc) is 2.75. The second-order valence-electron chi connectivity index (χ2n) is 4.01. The fraction of sp³-hybridized carbons (Fsp3) is 0.231. The van der Waals surface area contributed by atoms with Gasteiger partial charge < -0.3 is 0 Å². The molecule has 2 rings (SSSR count). The van der Waals surface area contributed by atoms with Crippen LogP contribution >= 0.6 is 15.9 Å². The topological polar surface area (TPSA) is 34.9 Å². The molecular formula is C13H11BrF2N2O. The van der Waals surface area contributed by atoms with Crippen LogP contribution in [0.4, 0.5) is 8.78 Å². The summed E-state index contributed by atoms with van der Waals surface area (Å²) >= 11 is 3.26. The minimum absolute atomic E-state index is 0.00148. The van der Waals surface area contributed by atoms with E-state index < -0.39 is 11.6 Å². The lowest BCUT2D eigenvalue weighted by Crippen LogP contribution is -2.12. The lowest BCUT2D eigenvalue weighted by molar-refractivity contribution is 0.0982. The number of benzene rings is 1. The van der Waals surface area contributed by atoms with Crippen LogP contribution in [0, 0.1) is 11.6 Å². The number of hydrogen-bond donors (Lipinski definition) is 0. The molecule has 0 aliphatic heterocycles. The van der Waals surface area contributed by atoms with Gasteiger partial charge in [0.2, 0.25) is 0 Å². The molecule has 3 nitrogen and oxygen atoms in total. The highest BCUT2D eigenvalue weighted by Crippen LogP contribution is 2.19. The SMILES string of the molecule is CCn1ncc(Br)c1C(=O)Cc1ccc(F)c(F)c1. The Balaban J connectivity index is 2.25. The summed E-state index contributed by atoms with van der Waals surface area (Å²) in [6.45, 7) is 2.43. The smallest absolute Gasteiger partial charge is 0.186 e. The third-order valence-electron chi connectivity index (χ3n) is 2.71. The van der Waals surface area contributed by atoms with Crippen LogP contribution in [-0.2, 0) is 13.0 Å². The zero-order valence-corrected chi connectivity index (χ0v) is 11.7. The van der Waals surface area contributed by atoms with Crippen molar-refractivity contribution in [3.05, 3.63) is 51.8 Å². The Morgan fingerprint density at radius 2 is 2.11 bits per heavy atom. The molecule has 0 bridgehead atoms. The van der Waals surface area contributed by atoms with Crippen LogP contribution < -0.4 is 0 Å². The minimum atomic E-state index is -0.951. The predicted octanol–water partition coefficient (Wildman–Crippen LogP) is 3.37. The normalized spacial score (nSPS) is 10.7. The summed E-state index contributed by atoms with van der Waals surface area (Å²) in [6, 6.07) is 3.45. The molecule has 0 aliphatic rings. The van der Waals surface area contributed by atoms with Crippen molar-refractivity contribution in [2.24, 2.45) is 0 Å². The van der Waals surface area contributed by atoms with Crippen LogP contribution in [-0.4, -0.2) is 15.6 Å². The van der Waals surface area contributed by atoms with Gasteiger partial charge in [0.1, 0.15) is 5.69 Å². The van der Waals surface area contributed by atoms with Crippen LogP contribution in [0.15, 0.2) is 28.9 Å². The molecule has 19 heavy (non-hydrogen) atoms. The Labute approximate surface area is 117 Å². The van der Waals surface area contributed by atoms with E-state index in [0.29, 0.717) is 22.3 Å². The second-order valence-corrected chi connectivity index (χ2v) is 4.86. The maximum absolute atomic E-state index is 13.1. The van der Waals surface area contributed by atoms with Gasteiger partial charge in [-0.3, -0.25) is 9.48 Å². The largest absolute Gasteiger partial charge is 0.292 e. The Morgan fingerprint density at radius 1 is 1.37 bits per heavy atom. The van der Waals surface area contributed by atoms with Crippen LogP contribution in [0.5, 0.6) is 0 Å². The Morgan fingerprint density at radius 3 is 2.74 bits per heavy atom. The van der Waals surface area contributed by atoms with Gasteiger partial charge >= 0.3 is 0 Å². The highest BCUT2D eigenvalue weighted by Gasteiger charge is 2.17. The molecule has 0 amide bonds. The summed E-state index contributed by atoms with van der Waals surface area (Å²) in [6.07, 6.45) is 1.55. The number of carbonyl (C=O) groups is 1. The van der Waals surface area contributed by atoms with Gasteiger partial charge in [-0.2, -0.15) is 5.10 Å². The Hall–Kier alpha value is -1.56. The average molecular weight is 329 g/mol. The van der Waals surface area contributed by atoms with E-state index >= 15 is 0 Å². The fourth-order valence-electron chi connectivity index (χ4n) is 1.80. The second kappa shape index (κ2) is 5.61. The van der Waals surface area contributed by atoms with E-state index in [1.807, 2.05) is 6.92 Å². The van der Waals surface area contributed by atoms with Crippen molar-refractivity contribution in [2.75, 3.05) is 0 Å². The summed E-state index contributed by atoms with van der Waals surface area (Å²) in [4.78, 5) is 12.2. The van der Waals surface area contributed by atoms with Gasteiger partial charge in [0.25, 0.3) is 0 Å². The summed E-state index contributed by atoms with van der Waals surface area (Å²) < 4.78 is 28.1. The first-order chi connectivity index (χ1) is 9.02. The van der Waals surface area contributed by atoms with E-state index in [0.717, 1.165) is 12.1 Å². The van der Waals surface area contributed by atoms with Gasteiger partial charge in [0.05, 0.1) is 10.7 Å². The zero-order valence-electron chi connectivity index (χ0n) is 10.2. The third-order valence-corrected chi connectivity index (χ3v) is 3.29. The van der Waals surface area contributed by atoms with Gasteiger partial charge in [-0.1, -0.05) is 6.07 Å². The highest BCUT2D eigenvalue weighted by atomic mass is 79.9. The standard InChI is InChI=1S/C13H11BrF2N2O/c1-2-18-13(9(14)7-17-18)12(19)6-8-3-4-10(15)11(16)5-8/h3-5,7H,2,6H2,1H3. The Bertz CT molecular complexity index is 625. The molecule has 0 fully saturated rings. The number of rotatable bonds is 4. The van der Waals surface area contributed by atoms with Gasteiger partial charge in [0.15, 0.2) is 17.4 Å². The molecule has 1 heterocycles. The number of ketones is 1. The minimum Gasteiger partial charge on any atom is -0.292 e. The summed E-state index contributed by atoms with van der Waals surface area (Å²) in [5.74, 6) is -2.07. The van der Waals surface area contributed by atoms with Crippen LogP contribution in [0.1, 0.15) is 23.0 Å². The van der Waals surface area contributed by atoms with Gasteiger partial charge in [0, 0.05) is 13.0 Å². The molecule has 0 aliphatic carbocycles. The Kier molecular flexibility index (Phi) is 4.09. The predicted molar refractivity (Wildman–Crippen MR) is 70.0 cm³/mol. The van der Waals surface area contributed by atoms with Gasteiger partial charge in [-0.05, 0) is 40.5 Å². The van der Waals surface area contributed by atoms with E-state index in [1.54, 1.807) is 10.9 Å². The quantitative estimate of drug-likeness (QED) is 0.806. The molecule has 1 aromatic heterocycles. The first-order valence-electron chi connectivity index (χ1n) is 5.71. The maximum atomic E-state index is 13.1. The zero-order chi connectivity index (χ0) is 14.0. The van der Waals surface area contributed by atoms with Crippen molar-refractivity contribution in [2.45, 2.75) is 19.9 Å². The van der Waals surface area contributed by atoms with Gasteiger partial charge in [-0.15, -0.1) is 0 Å². The molecule has 6 heteroatoms. The molecule has 1 aromatic carbocycles. The molecular weight excluding hydrogens is 318 g/mol. The first kappa shape index (κ1) is 13.9. The van der Waals surface area contributed by atoms with Crippen LogP contribution in [0.3, 0.4) is 0 Å². The van der Waals surface area contributed by atoms with Crippen molar-refractivity contribution >= 4 is 21.7 Å². The molecule has 0 spiro atoms. The number of aromatic nitrogens is 2. The molecule has 0 atom stereocenters. The summed E-state index contributed by atoms with van der Waals surface area (Å²) in [5, 5.41) is 4.04. The lowest BCUT2D eigenvalue weighted by Gasteiger charge is -2.05. The summed E-state index contributed by atoms with van der Waals surface area (Å²) in [7, 11) is 0. The molecule has 0 N–H and O–H groups in total. The maximum Gasteiger partial charge on any atom is 0.186 e. The van der Waals surface area contributed by atoms with Gasteiger partial charge in [-0.25, -0.2) is 8.78 Å². The molecule has 2 aromatic rings. The third kappa shape index (κ3) is 2.89. The van der Waals surface area contributed by atoms with E-state index in [4.69, 9.17) is 0 Å². The molecule has 0 saturated carbocycles. The van der Waals surface area contributed by atoms with E-state index in [-0.39, 0.29) is 12.2 Å². The number of Topliss-reactive ketones (excluding diaryl/α,β-unsaturated/α-hetero) is 1.